The summed E-state index contributed by atoms with van der Waals surface area (Å²) >= 11 is 0. The second-order valence-electron chi connectivity index (χ2n) is 5.87. The van der Waals surface area contributed by atoms with Gasteiger partial charge in [-0.15, -0.1) is 0 Å². The highest BCUT2D eigenvalue weighted by Crippen LogP contribution is 1.99. The van der Waals surface area contributed by atoms with Crippen LogP contribution in [0.5, 0.6) is 0 Å². The van der Waals surface area contributed by atoms with Gasteiger partial charge in [-0.05, 0) is 13.8 Å². The van der Waals surface area contributed by atoms with Gasteiger partial charge in [0.1, 0.15) is 12.1 Å². The molecule has 0 rings (SSSR count). The van der Waals surface area contributed by atoms with Crippen LogP contribution in [0.25, 0.3) is 0 Å². The van der Waals surface area contributed by atoms with Crippen LogP contribution in [0.3, 0.4) is 0 Å². The first kappa shape index (κ1) is 23.0. The quantitative estimate of drug-likeness (QED) is 0.329. The van der Waals surface area contributed by atoms with Crippen molar-refractivity contribution in [1.82, 2.24) is 20.9 Å². The average Bonchev–Trinajstić information content (AvgIpc) is 2.52. The van der Waals surface area contributed by atoms with Gasteiger partial charge in [0.05, 0.1) is 12.5 Å². The van der Waals surface area contributed by atoms with Crippen LogP contribution in [-0.2, 0) is 28.8 Å². The van der Waals surface area contributed by atoms with E-state index >= 15 is 0 Å². The molecule has 0 bridgehead atoms. The van der Waals surface area contributed by atoms with E-state index in [9.17, 15) is 28.8 Å². The molecule has 4 N–H and O–H groups in total. The number of carbonyl (C=O) groups excluding carboxylic acids is 5. The number of hydrogen-bond acceptors (Lipinski definition) is 6. The zero-order chi connectivity index (χ0) is 20.6. The summed E-state index contributed by atoms with van der Waals surface area (Å²) in [5.74, 6) is -5.36. The molecule has 0 aromatic carbocycles. The normalized spacial score (nSPS) is 13.6. The second kappa shape index (κ2) is 10.1. The molecular formula is C15H24N4O7. The number of nitrogens with one attached hydrogen (secondary N) is 3. The van der Waals surface area contributed by atoms with Gasteiger partial charge in [-0.25, -0.2) is 0 Å². The Bertz CT molecular complexity index is 603. The van der Waals surface area contributed by atoms with E-state index in [0.717, 1.165) is 6.92 Å². The topological polar surface area (TPSA) is 162 Å². The molecule has 0 aromatic heterocycles. The Kier molecular flexibility index (Phi) is 8.95. The van der Waals surface area contributed by atoms with Gasteiger partial charge in [-0.3, -0.25) is 28.8 Å². The van der Waals surface area contributed by atoms with Crippen LogP contribution in [0.2, 0.25) is 0 Å². The molecule has 0 aliphatic carbocycles. The van der Waals surface area contributed by atoms with Gasteiger partial charge in [0.25, 0.3) is 5.91 Å². The van der Waals surface area contributed by atoms with E-state index in [1.807, 2.05) is 5.32 Å². The highest BCUT2D eigenvalue weighted by molar-refractivity contribution is 6.38. The van der Waals surface area contributed by atoms with E-state index in [1.54, 1.807) is 0 Å². The molecule has 0 aromatic rings. The van der Waals surface area contributed by atoms with Crippen molar-refractivity contribution in [3.63, 3.8) is 0 Å². The summed E-state index contributed by atoms with van der Waals surface area (Å²) in [5.41, 5.74) is 0. The molecule has 0 saturated carbocycles. The van der Waals surface area contributed by atoms with Crippen LogP contribution < -0.4 is 16.0 Å². The van der Waals surface area contributed by atoms with E-state index in [2.05, 4.69) is 10.6 Å². The predicted molar refractivity (Wildman–Crippen MR) is 88.8 cm³/mol. The van der Waals surface area contributed by atoms with Crippen molar-refractivity contribution in [2.75, 3.05) is 14.1 Å². The van der Waals surface area contributed by atoms with Crippen LogP contribution in [0.15, 0.2) is 0 Å². The molecule has 2 unspecified atom stereocenters. The molecular weight excluding hydrogens is 348 g/mol. The van der Waals surface area contributed by atoms with Gasteiger partial charge < -0.3 is 26.0 Å². The lowest BCUT2D eigenvalue weighted by atomic mass is 10.1. The first-order chi connectivity index (χ1) is 11.9. The SMILES string of the molecule is CC(=O)N[C@@H](CC(=O)N(C)C)C(=O)NC(C)C(=O)C(=O)NC(C)C(=O)O. The van der Waals surface area contributed by atoms with E-state index < -0.39 is 53.5 Å². The fourth-order valence-corrected chi connectivity index (χ4v) is 1.72. The summed E-state index contributed by atoms with van der Waals surface area (Å²) in [4.78, 5) is 70.7. The molecule has 0 saturated heterocycles. The Hall–Kier alpha value is -2.98. The molecule has 11 heteroatoms. The Balaban J connectivity index is 4.96. The number of ketones is 1. The summed E-state index contributed by atoms with van der Waals surface area (Å²) in [6, 6.07) is -3.79. The third-order valence-electron chi connectivity index (χ3n) is 3.27. The molecule has 0 radical (unpaired) electrons. The lowest BCUT2D eigenvalue weighted by Gasteiger charge is -2.21. The molecule has 11 nitrogen and oxygen atoms in total. The van der Waals surface area contributed by atoms with E-state index in [1.165, 1.54) is 32.8 Å². The minimum absolute atomic E-state index is 0.332. The third kappa shape index (κ3) is 7.73. The zero-order valence-electron chi connectivity index (χ0n) is 15.3. The Morgan fingerprint density at radius 3 is 1.88 bits per heavy atom. The summed E-state index contributed by atoms with van der Waals surface area (Å²) in [6.07, 6.45) is -0.332. The largest absolute Gasteiger partial charge is 0.480 e. The smallest absolute Gasteiger partial charge is 0.325 e. The minimum atomic E-state index is -1.32. The molecule has 0 fully saturated rings. The first-order valence-electron chi connectivity index (χ1n) is 7.71. The molecule has 0 spiro atoms. The Morgan fingerprint density at radius 2 is 1.46 bits per heavy atom. The van der Waals surface area contributed by atoms with Crippen LogP contribution in [-0.4, -0.2) is 77.6 Å². The van der Waals surface area contributed by atoms with Crippen molar-refractivity contribution in [3.05, 3.63) is 0 Å². The van der Waals surface area contributed by atoms with Crippen LogP contribution in [0, 0.1) is 0 Å². The second-order valence-corrected chi connectivity index (χ2v) is 5.87. The number of carbonyl (C=O) groups is 6. The lowest BCUT2D eigenvalue weighted by Crippen LogP contribution is -2.54. The van der Waals surface area contributed by atoms with Crippen molar-refractivity contribution >= 4 is 35.4 Å². The number of aliphatic carboxylic acids is 1. The van der Waals surface area contributed by atoms with Gasteiger partial charge in [0, 0.05) is 21.0 Å². The van der Waals surface area contributed by atoms with Gasteiger partial charge in [0.15, 0.2) is 0 Å². The highest BCUT2D eigenvalue weighted by Gasteiger charge is 2.29. The average molecular weight is 372 g/mol. The predicted octanol–water partition coefficient (Wildman–Crippen LogP) is -2.37. The standard InChI is InChI=1S/C15H24N4O7/c1-7(12(22)14(24)17-8(2)15(25)26)16-13(23)10(18-9(3)20)6-11(21)19(4)5/h7-8,10H,6H2,1-5H3,(H,16,23)(H,17,24)(H,18,20)(H,25,26)/t7?,8?,10-/m0/s1. The molecule has 0 aliphatic heterocycles. The van der Waals surface area contributed by atoms with Gasteiger partial charge >= 0.3 is 5.97 Å². The van der Waals surface area contributed by atoms with Crippen LogP contribution in [0.1, 0.15) is 27.2 Å². The summed E-state index contributed by atoms with van der Waals surface area (Å²) in [5, 5.41) is 15.2. The number of rotatable bonds is 9. The Morgan fingerprint density at radius 1 is 0.923 bits per heavy atom. The number of hydrogen-bond donors (Lipinski definition) is 4. The third-order valence-corrected chi connectivity index (χ3v) is 3.27. The molecule has 146 valence electrons. The zero-order valence-corrected chi connectivity index (χ0v) is 15.3. The van der Waals surface area contributed by atoms with Gasteiger partial charge in [-0.1, -0.05) is 0 Å². The molecule has 3 atom stereocenters. The van der Waals surface area contributed by atoms with E-state index in [-0.39, 0.29) is 6.42 Å². The van der Waals surface area contributed by atoms with Crippen molar-refractivity contribution in [2.24, 2.45) is 0 Å². The minimum Gasteiger partial charge on any atom is -0.480 e. The van der Waals surface area contributed by atoms with Crippen LogP contribution >= 0.6 is 0 Å². The maximum absolute atomic E-state index is 12.2. The van der Waals surface area contributed by atoms with Crippen LogP contribution in [0.4, 0.5) is 0 Å². The lowest BCUT2D eigenvalue weighted by molar-refractivity contribution is -0.144. The maximum atomic E-state index is 12.2. The van der Waals surface area contributed by atoms with Crippen molar-refractivity contribution in [1.29, 1.82) is 0 Å². The summed E-state index contributed by atoms with van der Waals surface area (Å²) < 4.78 is 0. The number of carboxylic acids is 1. The van der Waals surface area contributed by atoms with Gasteiger partial charge in [-0.2, -0.15) is 0 Å². The maximum Gasteiger partial charge on any atom is 0.325 e. The summed E-state index contributed by atoms with van der Waals surface area (Å²) in [6.45, 7) is 3.57. The molecule has 26 heavy (non-hydrogen) atoms. The molecule has 4 amide bonds. The molecule has 0 aliphatic rings. The van der Waals surface area contributed by atoms with Crippen molar-refractivity contribution < 1.29 is 33.9 Å². The molecule has 0 heterocycles. The number of amides is 4. The number of nitrogens with zero attached hydrogens (tertiary/aromatic N) is 1. The highest BCUT2D eigenvalue weighted by atomic mass is 16.4. The fraction of sp³-hybridized carbons (Fsp3) is 0.600. The fourth-order valence-electron chi connectivity index (χ4n) is 1.72. The monoisotopic (exact) mass is 372 g/mol. The van der Waals surface area contributed by atoms with E-state index in [0.29, 0.717) is 0 Å². The van der Waals surface area contributed by atoms with E-state index in [4.69, 9.17) is 5.11 Å². The Labute approximate surface area is 150 Å². The van der Waals surface area contributed by atoms with Crippen molar-refractivity contribution in [2.45, 2.75) is 45.3 Å². The van der Waals surface area contributed by atoms with Gasteiger partial charge in [0.2, 0.25) is 23.5 Å². The number of Topliss-reactive ketones (excluding diaryl/α,β-unsaturated/α-hetero) is 1. The van der Waals surface area contributed by atoms with Crippen molar-refractivity contribution in [3.8, 4) is 0 Å². The number of carboxylic acid groups (broad SMARTS) is 1. The first-order valence-corrected chi connectivity index (χ1v) is 7.71. The summed E-state index contributed by atoms with van der Waals surface area (Å²) in [7, 11) is 2.95.